The summed E-state index contributed by atoms with van der Waals surface area (Å²) in [5.41, 5.74) is 0. The van der Waals surface area contributed by atoms with Crippen molar-refractivity contribution in [2.24, 2.45) is 0 Å². The summed E-state index contributed by atoms with van der Waals surface area (Å²) in [4.78, 5) is 0. The van der Waals surface area contributed by atoms with Crippen molar-refractivity contribution in [3.63, 3.8) is 0 Å². The fraction of sp³-hybridized carbons (Fsp3) is 1.00. The summed E-state index contributed by atoms with van der Waals surface area (Å²) in [6, 6.07) is 0. The summed E-state index contributed by atoms with van der Waals surface area (Å²) in [6.07, 6.45) is 0. The molecule has 0 aliphatic rings. The summed E-state index contributed by atoms with van der Waals surface area (Å²) in [7, 11) is 0.285. The number of hydrogen-bond donors (Lipinski definition) is 0. The first-order valence-electron chi connectivity index (χ1n) is 2.52. The van der Waals surface area contributed by atoms with Crippen LogP contribution in [-0.2, 0) is 8.54 Å². The summed E-state index contributed by atoms with van der Waals surface area (Å²) < 4.78 is 10.3. The minimum atomic E-state index is -0.883. The van der Waals surface area contributed by atoms with Gasteiger partial charge in [-0.15, -0.1) is 0 Å². The molecule has 0 atom stereocenters. The molecule has 8 heavy (non-hydrogen) atoms. The van der Waals surface area contributed by atoms with Crippen LogP contribution in [-0.4, -0.2) is 25.4 Å². The molecule has 0 aromatic heterocycles. The van der Waals surface area contributed by atoms with Crippen LogP contribution in [0.5, 0.6) is 0 Å². The second kappa shape index (κ2) is 4.25. The van der Waals surface area contributed by atoms with Crippen LogP contribution in [0.1, 0.15) is 0 Å². The quantitative estimate of drug-likeness (QED) is 0.556. The monoisotopic (exact) mass is 148 g/mol. The van der Waals surface area contributed by atoms with Crippen molar-refractivity contribution < 1.29 is 8.54 Å². The standard InChI is InChI=1S/C4H12O2Si2/c1-5-8(4)6-7(2)3/h1-4H3. The highest BCUT2D eigenvalue weighted by atomic mass is 28.4. The molecular weight excluding hydrogens is 136 g/mol. The maximum Gasteiger partial charge on any atom is 0.369 e. The molecule has 2 radical (unpaired) electrons. The molecule has 0 bridgehead atoms. The normalized spacial score (nSPS) is 11.2. The van der Waals surface area contributed by atoms with Gasteiger partial charge in [-0.1, -0.05) is 0 Å². The Morgan fingerprint density at radius 2 is 1.62 bits per heavy atom. The highest BCUT2D eigenvalue weighted by Gasteiger charge is 2.07. The van der Waals surface area contributed by atoms with Crippen LogP contribution in [0.3, 0.4) is 0 Å². The topological polar surface area (TPSA) is 18.5 Å². The van der Waals surface area contributed by atoms with Gasteiger partial charge in [0.1, 0.15) is 0 Å². The zero-order valence-corrected chi connectivity index (χ0v) is 7.82. The highest BCUT2D eigenvalue weighted by molar-refractivity contribution is 6.60. The summed E-state index contributed by atoms with van der Waals surface area (Å²) in [6.45, 7) is 6.22. The van der Waals surface area contributed by atoms with E-state index >= 15 is 0 Å². The lowest BCUT2D eigenvalue weighted by Gasteiger charge is -2.08. The van der Waals surface area contributed by atoms with Crippen LogP contribution < -0.4 is 0 Å². The highest BCUT2D eigenvalue weighted by Crippen LogP contribution is 1.89. The minimum Gasteiger partial charge on any atom is -0.435 e. The SMILES string of the molecule is CO[Si](C)O[Si](C)C. The molecule has 0 aliphatic heterocycles. The molecule has 0 N–H and O–H groups in total. The van der Waals surface area contributed by atoms with E-state index in [4.69, 9.17) is 8.54 Å². The summed E-state index contributed by atoms with van der Waals surface area (Å²) >= 11 is 0. The minimum absolute atomic E-state index is 0.526. The predicted octanol–water partition coefficient (Wildman–Crippen LogP) is 1.02. The smallest absolute Gasteiger partial charge is 0.369 e. The van der Waals surface area contributed by atoms with E-state index in [1.807, 2.05) is 6.55 Å². The van der Waals surface area contributed by atoms with E-state index < -0.39 is 18.3 Å². The second-order valence-electron chi connectivity index (χ2n) is 1.71. The molecule has 0 aromatic rings. The van der Waals surface area contributed by atoms with E-state index in [2.05, 4.69) is 13.1 Å². The first-order valence-corrected chi connectivity index (χ1v) is 6.75. The fourth-order valence-corrected chi connectivity index (χ4v) is 2.96. The van der Waals surface area contributed by atoms with Gasteiger partial charge in [0.05, 0.1) is 0 Å². The number of rotatable bonds is 3. The summed E-state index contributed by atoms with van der Waals surface area (Å²) in [5, 5.41) is 0. The van der Waals surface area contributed by atoms with E-state index in [1.54, 1.807) is 7.11 Å². The van der Waals surface area contributed by atoms with E-state index in [-0.39, 0.29) is 0 Å². The van der Waals surface area contributed by atoms with Crippen molar-refractivity contribution in [2.75, 3.05) is 7.11 Å². The number of hydrogen-bond acceptors (Lipinski definition) is 2. The van der Waals surface area contributed by atoms with E-state index in [9.17, 15) is 0 Å². The lowest BCUT2D eigenvalue weighted by molar-refractivity contribution is 0.345. The fourth-order valence-electron chi connectivity index (χ4n) is 0.329. The lowest BCUT2D eigenvalue weighted by Crippen LogP contribution is -2.23. The van der Waals surface area contributed by atoms with Gasteiger partial charge < -0.3 is 8.54 Å². The third-order valence-corrected chi connectivity index (χ3v) is 3.99. The van der Waals surface area contributed by atoms with Gasteiger partial charge in [0.15, 0.2) is 9.04 Å². The Morgan fingerprint density at radius 3 is 1.75 bits per heavy atom. The largest absolute Gasteiger partial charge is 0.435 e. The van der Waals surface area contributed by atoms with Crippen molar-refractivity contribution in [3.8, 4) is 0 Å². The Labute approximate surface area is 54.4 Å². The molecule has 2 nitrogen and oxygen atoms in total. The molecular formula is C4H12O2Si2. The molecule has 0 fully saturated rings. The van der Waals surface area contributed by atoms with Crippen molar-refractivity contribution >= 4 is 18.3 Å². The first-order chi connectivity index (χ1) is 3.66. The Hall–Kier alpha value is 0.354. The van der Waals surface area contributed by atoms with Crippen LogP contribution in [0.25, 0.3) is 0 Å². The summed E-state index contributed by atoms with van der Waals surface area (Å²) in [5.74, 6) is 0. The molecule has 48 valence electrons. The Bertz CT molecular complexity index is 58.0. The average Bonchev–Trinajstić information content (AvgIpc) is 1.65. The van der Waals surface area contributed by atoms with Gasteiger partial charge in [-0.05, 0) is 19.6 Å². The molecule has 0 rings (SSSR count). The maximum absolute atomic E-state index is 5.38. The van der Waals surface area contributed by atoms with Gasteiger partial charge in [0, 0.05) is 7.11 Å². The van der Waals surface area contributed by atoms with Crippen LogP contribution in [0, 0.1) is 0 Å². The molecule has 0 aromatic carbocycles. The van der Waals surface area contributed by atoms with E-state index in [0.29, 0.717) is 0 Å². The predicted molar refractivity (Wildman–Crippen MR) is 37.2 cm³/mol. The second-order valence-corrected chi connectivity index (χ2v) is 5.73. The Balaban J connectivity index is 3.10. The van der Waals surface area contributed by atoms with Crippen molar-refractivity contribution in [1.29, 1.82) is 0 Å². The van der Waals surface area contributed by atoms with Crippen LogP contribution in [0.2, 0.25) is 19.6 Å². The molecule has 0 heterocycles. The van der Waals surface area contributed by atoms with Crippen molar-refractivity contribution in [2.45, 2.75) is 19.6 Å². The lowest BCUT2D eigenvalue weighted by atomic mass is 11.8. The van der Waals surface area contributed by atoms with Gasteiger partial charge in [0.25, 0.3) is 0 Å². The third kappa shape index (κ3) is 4.51. The zero-order chi connectivity index (χ0) is 6.57. The van der Waals surface area contributed by atoms with Crippen LogP contribution in [0.15, 0.2) is 0 Å². The molecule has 0 aliphatic carbocycles. The molecule has 0 saturated carbocycles. The third-order valence-electron chi connectivity index (χ3n) is 0.635. The van der Waals surface area contributed by atoms with Gasteiger partial charge in [0.2, 0.25) is 0 Å². The Morgan fingerprint density at radius 1 is 1.12 bits per heavy atom. The van der Waals surface area contributed by atoms with Gasteiger partial charge in [-0.2, -0.15) is 0 Å². The molecule has 0 saturated heterocycles. The van der Waals surface area contributed by atoms with E-state index in [1.165, 1.54) is 0 Å². The average molecular weight is 148 g/mol. The van der Waals surface area contributed by atoms with Crippen LogP contribution >= 0.6 is 0 Å². The maximum atomic E-state index is 5.38. The van der Waals surface area contributed by atoms with E-state index in [0.717, 1.165) is 0 Å². The van der Waals surface area contributed by atoms with Crippen molar-refractivity contribution in [1.82, 2.24) is 0 Å². The first kappa shape index (κ1) is 8.35. The zero-order valence-electron chi connectivity index (χ0n) is 5.82. The van der Waals surface area contributed by atoms with Crippen LogP contribution in [0.4, 0.5) is 0 Å². The van der Waals surface area contributed by atoms with Gasteiger partial charge in [-0.3, -0.25) is 0 Å². The molecule has 4 heteroatoms. The molecule has 0 spiro atoms. The molecule has 0 unspecified atom stereocenters. The van der Waals surface area contributed by atoms with Gasteiger partial charge in [-0.25, -0.2) is 0 Å². The Kier molecular flexibility index (Phi) is 4.44. The van der Waals surface area contributed by atoms with Crippen molar-refractivity contribution in [3.05, 3.63) is 0 Å². The molecule has 0 amide bonds. The van der Waals surface area contributed by atoms with Gasteiger partial charge >= 0.3 is 9.28 Å².